The van der Waals surface area contributed by atoms with Gasteiger partial charge in [0.15, 0.2) is 11.6 Å². The fraction of sp³-hybridized carbons (Fsp3) is 0.200. The highest BCUT2D eigenvalue weighted by Gasteiger charge is 2.14. The Hall–Kier alpha value is -2.57. The van der Waals surface area contributed by atoms with Crippen LogP contribution in [0.3, 0.4) is 0 Å². The second-order valence-corrected chi connectivity index (χ2v) is 4.02. The monoisotopic (exact) mass is 312 g/mol. The van der Waals surface area contributed by atoms with Gasteiger partial charge in [-0.15, -0.1) is 0 Å². The maximum Gasteiger partial charge on any atom is 0.295 e. The maximum atomic E-state index is 13.0. The van der Waals surface area contributed by atoms with Gasteiger partial charge in [-0.2, -0.15) is 0 Å². The summed E-state index contributed by atoms with van der Waals surface area (Å²) in [5, 5.41) is 13.5. The summed E-state index contributed by atoms with van der Waals surface area (Å²) < 4.78 is 38.7. The number of nitro benzene ring substituents is 1. The Morgan fingerprint density at radius 3 is 2.32 bits per heavy atom. The third kappa shape index (κ3) is 4.47. The van der Waals surface area contributed by atoms with Crippen molar-refractivity contribution in [2.75, 3.05) is 5.32 Å². The molecule has 0 spiro atoms. The van der Waals surface area contributed by atoms with Crippen molar-refractivity contribution in [2.45, 2.75) is 20.4 Å². The van der Waals surface area contributed by atoms with Crippen molar-refractivity contribution in [1.29, 1.82) is 0 Å². The zero-order valence-electron chi connectivity index (χ0n) is 12.1. The molecule has 0 saturated heterocycles. The highest BCUT2D eigenvalue weighted by atomic mass is 19.2. The number of halogens is 3. The van der Waals surface area contributed by atoms with Crippen LogP contribution in [0, 0.1) is 27.6 Å². The third-order valence-electron chi connectivity index (χ3n) is 2.62. The van der Waals surface area contributed by atoms with Gasteiger partial charge in [0.05, 0.1) is 11.0 Å². The normalized spacial score (nSPS) is 9.68. The summed E-state index contributed by atoms with van der Waals surface area (Å²) in [4.78, 5) is 10.0. The number of nitrogens with zero attached hydrogens (tertiary/aromatic N) is 1. The van der Waals surface area contributed by atoms with Gasteiger partial charge in [-0.05, 0) is 29.8 Å². The second-order valence-electron chi connectivity index (χ2n) is 4.02. The number of nitrogens with one attached hydrogen (secondary N) is 1. The van der Waals surface area contributed by atoms with E-state index in [1.165, 1.54) is 12.1 Å². The smallest absolute Gasteiger partial charge is 0.295 e. The molecular weight excluding hydrogens is 297 g/mol. The first-order valence-corrected chi connectivity index (χ1v) is 6.59. The Balaban J connectivity index is 0.00000116. The van der Waals surface area contributed by atoms with E-state index in [1.807, 2.05) is 13.8 Å². The zero-order valence-corrected chi connectivity index (χ0v) is 12.1. The fourth-order valence-electron chi connectivity index (χ4n) is 1.65. The van der Waals surface area contributed by atoms with Gasteiger partial charge >= 0.3 is 0 Å². The van der Waals surface area contributed by atoms with E-state index in [1.54, 1.807) is 0 Å². The molecule has 0 atom stereocenters. The van der Waals surface area contributed by atoms with Crippen LogP contribution in [-0.2, 0) is 6.54 Å². The Morgan fingerprint density at radius 1 is 1.05 bits per heavy atom. The van der Waals surface area contributed by atoms with Gasteiger partial charge < -0.3 is 5.32 Å². The Bertz CT molecular complexity index is 663. The number of rotatable bonds is 4. The molecule has 22 heavy (non-hydrogen) atoms. The zero-order chi connectivity index (χ0) is 16.7. The molecule has 0 unspecified atom stereocenters. The van der Waals surface area contributed by atoms with E-state index in [0.717, 1.165) is 24.3 Å². The first-order valence-electron chi connectivity index (χ1n) is 6.59. The molecule has 1 N–H and O–H groups in total. The topological polar surface area (TPSA) is 55.2 Å². The molecule has 0 heterocycles. The molecule has 0 bridgehead atoms. The summed E-state index contributed by atoms with van der Waals surface area (Å²) in [5.41, 5.74) is 0.0799. The first kappa shape index (κ1) is 17.5. The summed E-state index contributed by atoms with van der Waals surface area (Å²) in [5.74, 6) is -2.70. The van der Waals surface area contributed by atoms with E-state index >= 15 is 0 Å². The lowest BCUT2D eigenvalue weighted by Crippen LogP contribution is -2.03. The van der Waals surface area contributed by atoms with Crippen molar-refractivity contribution in [1.82, 2.24) is 0 Å². The molecule has 0 aliphatic carbocycles. The van der Waals surface area contributed by atoms with Crippen LogP contribution >= 0.6 is 0 Å². The van der Waals surface area contributed by atoms with Crippen molar-refractivity contribution in [3.8, 4) is 0 Å². The molecule has 0 radical (unpaired) electrons. The van der Waals surface area contributed by atoms with Gasteiger partial charge in [0.2, 0.25) is 0 Å². The minimum Gasteiger partial charge on any atom is -0.375 e. The minimum absolute atomic E-state index is 0.0453. The van der Waals surface area contributed by atoms with Gasteiger partial charge in [-0.1, -0.05) is 19.9 Å². The summed E-state index contributed by atoms with van der Waals surface area (Å²) in [6, 6.07) is 6.37. The van der Waals surface area contributed by atoms with Crippen LogP contribution in [0.25, 0.3) is 0 Å². The van der Waals surface area contributed by atoms with Gasteiger partial charge in [0.1, 0.15) is 11.5 Å². The van der Waals surface area contributed by atoms with Crippen molar-refractivity contribution in [3.05, 3.63) is 69.5 Å². The number of hydrogen-bond acceptors (Lipinski definition) is 3. The molecule has 0 aromatic heterocycles. The molecule has 118 valence electrons. The molecule has 2 aromatic carbocycles. The summed E-state index contributed by atoms with van der Waals surface area (Å²) in [6.45, 7) is 4.05. The molecule has 0 amide bonds. The van der Waals surface area contributed by atoms with E-state index in [9.17, 15) is 23.3 Å². The molecule has 0 saturated carbocycles. The number of hydrogen-bond donors (Lipinski definition) is 1. The molecule has 0 aliphatic heterocycles. The van der Waals surface area contributed by atoms with Crippen LogP contribution in [0.2, 0.25) is 0 Å². The number of benzene rings is 2. The predicted molar refractivity (Wildman–Crippen MR) is 78.1 cm³/mol. The lowest BCUT2D eigenvalue weighted by Gasteiger charge is -2.07. The molecule has 0 fully saturated rings. The molecule has 7 heteroatoms. The van der Waals surface area contributed by atoms with Crippen LogP contribution in [0.4, 0.5) is 24.5 Å². The predicted octanol–water partition coefficient (Wildman–Crippen LogP) is 4.65. The van der Waals surface area contributed by atoms with Crippen molar-refractivity contribution in [3.63, 3.8) is 0 Å². The van der Waals surface area contributed by atoms with Crippen LogP contribution in [0.15, 0.2) is 36.4 Å². The highest BCUT2D eigenvalue weighted by molar-refractivity contribution is 5.61. The molecule has 2 rings (SSSR count). The summed E-state index contributed by atoms with van der Waals surface area (Å²) in [6.07, 6.45) is 0. The summed E-state index contributed by atoms with van der Waals surface area (Å²) in [7, 11) is 0. The van der Waals surface area contributed by atoms with Gasteiger partial charge in [-0.25, -0.2) is 13.2 Å². The Kier molecular flexibility index (Phi) is 6.37. The van der Waals surface area contributed by atoms with E-state index in [-0.39, 0.29) is 12.2 Å². The van der Waals surface area contributed by atoms with Crippen LogP contribution in [0.5, 0.6) is 0 Å². The number of anilines is 1. The maximum absolute atomic E-state index is 13.0. The standard InChI is InChI=1S/C13H9F3N2O2.C2H6/c14-9-2-4-12(13(6-9)18(19)20)17-7-8-1-3-10(15)11(16)5-8;1-2/h1-6,17H,7H2;1-2H3. The molecule has 0 aliphatic rings. The van der Waals surface area contributed by atoms with Gasteiger partial charge in [0, 0.05) is 6.54 Å². The van der Waals surface area contributed by atoms with Crippen LogP contribution in [0.1, 0.15) is 19.4 Å². The average Bonchev–Trinajstić information content (AvgIpc) is 2.51. The van der Waals surface area contributed by atoms with Crippen molar-refractivity contribution in [2.24, 2.45) is 0 Å². The minimum atomic E-state index is -1.00. The SMILES string of the molecule is CC.O=[N+]([O-])c1cc(F)ccc1NCc1ccc(F)c(F)c1. The van der Waals surface area contributed by atoms with E-state index in [2.05, 4.69) is 5.32 Å². The van der Waals surface area contributed by atoms with Gasteiger partial charge in [0.25, 0.3) is 5.69 Å². The first-order chi connectivity index (χ1) is 10.5. The van der Waals surface area contributed by atoms with Crippen LogP contribution < -0.4 is 5.32 Å². The lowest BCUT2D eigenvalue weighted by atomic mass is 10.2. The van der Waals surface area contributed by atoms with E-state index < -0.39 is 28.1 Å². The largest absolute Gasteiger partial charge is 0.375 e. The second kappa shape index (κ2) is 8.02. The number of nitro groups is 1. The fourth-order valence-corrected chi connectivity index (χ4v) is 1.65. The van der Waals surface area contributed by atoms with E-state index in [0.29, 0.717) is 5.56 Å². The molecule has 2 aromatic rings. The molecule has 4 nitrogen and oxygen atoms in total. The third-order valence-corrected chi connectivity index (χ3v) is 2.62. The Labute approximate surface area is 125 Å². The van der Waals surface area contributed by atoms with Crippen molar-refractivity contribution < 1.29 is 18.1 Å². The average molecular weight is 312 g/mol. The van der Waals surface area contributed by atoms with Crippen molar-refractivity contribution >= 4 is 11.4 Å². The highest BCUT2D eigenvalue weighted by Crippen LogP contribution is 2.25. The van der Waals surface area contributed by atoms with Gasteiger partial charge in [-0.3, -0.25) is 10.1 Å². The lowest BCUT2D eigenvalue weighted by molar-refractivity contribution is -0.384. The summed E-state index contributed by atoms with van der Waals surface area (Å²) >= 11 is 0. The quantitative estimate of drug-likeness (QED) is 0.660. The molecular formula is C15H15F3N2O2. The van der Waals surface area contributed by atoms with Crippen LogP contribution in [-0.4, -0.2) is 4.92 Å². The Morgan fingerprint density at radius 2 is 1.73 bits per heavy atom. The van der Waals surface area contributed by atoms with E-state index in [4.69, 9.17) is 0 Å².